The van der Waals surface area contributed by atoms with Crippen LogP contribution in [0.2, 0.25) is 0 Å². The molecule has 0 aliphatic carbocycles. The zero-order valence-corrected chi connectivity index (χ0v) is 19.3. The first-order valence-electron chi connectivity index (χ1n) is 10.7. The van der Waals surface area contributed by atoms with Crippen LogP contribution in [0, 0.1) is 18.3 Å². The zero-order chi connectivity index (χ0) is 21.9. The van der Waals surface area contributed by atoms with Crippen LogP contribution in [0.1, 0.15) is 49.5 Å². The molecule has 0 saturated carbocycles. The van der Waals surface area contributed by atoms with Gasteiger partial charge in [-0.2, -0.15) is 11.8 Å². The van der Waals surface area contributed by atoms with E-state index in [9.17, 15) is 14.4 Å². The van der Waals surface area contributed by atoms with Gasteiger partial charge in [0.1, 0.15) is 0 Å². The van der Waals surface area contributed by atoms with E-state index in [-0.39, 0.29) is 23.6 Å². The Morgan fingerprint density at radius 2 is 1.77 bits per heavy atom. The van der Waals surface area contributed by atoms with Gasteiger partial charge in [0, 0.05) is 54.4 Å². The molecule has 1 aromatic carbocycles. The number of carbonyl (C=O) groups is 3. The van der Waals surface area contributed by atoms with E-state index in [1.54, 1.807) is 6.07 Å². The molecule has 2 saturated heterocycles. The molecule has 1 N–H and O–H groups in total. The first kappa shape index (κ1) is 22.7. The normalized spacial score (nSPS) is 20.1. The van der Waals surface area contributed by atoms with Crippen LogP contribution in [0.3, 0.4) is 0 Å². The van der Waals surface area contributed by atoms with Gasteiger partial charge in [0.15, 0.2) is 0 Å². The molecule has 2 fully saturated rings. The van der Waals surface area contributed by atoms with E-state index in [2.05, 4.69) is 5.32 Å². The predicted octanol–water partition coefficient (Wildman–Crippen LogP) is 3.41. The highest BCUT2D eigenvalue weighted by atomic mass is 32.2. The molecule has 3 rings (SSSR count). The lowest BCUT2D eigenvalue weighted by Crippen LogP contribution is -2.47. The third kappa shape index (κ3) is 5.36. The maximum atomic E-state index is 12.9. The van der Waals surface area contributed by atoms with Gasteiger partial charge in [-0.05, 0) is 43.5 Å². The summed E-state index contributed by atoms with van der Waals surface area (Å²) in [6.45, 7) is 10.4. The molecule has 7 heteroatoms. The molecule has 3 amide bonds. The van der Waals surface area contributed by atoms with E-state index >= 15 is 0 Å². The number of hydrogen-bond donors (Lipinski definition) is 1. The largest absolute Gasteiger partial charge is 0.341 e. The van der Waals surface area contributed by atoms with Crippen molar-refractivity contribution < 1.29 is 14.4 Å². The number of hydrogen-bond acceptors (Lipinski definition) is 4. The van der Waals surface area contributed by atoms with Crippen LogP contribution in [-0.2, 0) is 9.59 Å². The van der Waals surface area contributed by atoms with Crippen LogP contribution < -0.4 is 5.32 Å². The van der Waals surface area contributed by atoms with Gasteiger partial charge in [0.2, 0.25) is 11.8 Å². The first-order chi connectivity index (χ1) is 14.2. The summed E-state index contributed by atoms with van der Waals surface area (Å²) >= 11 is 1.87. The number of amides is 3. The number of rotatable bonds is 3. The van der Waals surface area contributed by atoms with Gasteiger partial charge in [-0.3, -0.25) is 14.4 Å². The lowest BCUT2D eigenvalue weighted by atomic mass is 9.91. The van der Waals surface area contributed by atoms with Crippen LogP contribution in [0.5, 0.6) is 0 Å². The molecule has 1 aromatic rings. The monoisotopic (exact) mass is 431 g/mol. The number of nitrogens with zero attached hydrogens (tertiary/aromatic N) is 2. The van der Waals surface area contributed by atoms with Crippen LogP contribution in [0.4, 0.5) is 5.69 Å². The summed E-state index contributed by atoms with van der Waals surface area (Å²) in [5.41, 5.74) is 1.82. The van der Waals surface area contributed by atoms with Crippen molar-refractivity contribution in [3.05, 3.63) is 29.3 Å². The van der Waals surface area contributed by atoms with Crippen molar-refractivity contribution >= 4 is 35.2 Å². The van der Waals surface area contributed by atoms with Crippen LogP contribution in [0.25, 0.3) is 0 Å². The van der Waals surface area contributed by atoms with E-state index in [1.807, 2.05) is 61.4 Å². The van der Waals surface area contributed by atoms with Crippen LogP contribution in [-0.4, -0.2) is 65.2 Å². The van der Waals surface area contributed by atoms with Crippen molar-refractivity contribution in [1.29, 1.82) is 0 Å². The van der Waals surface area contributed by atoms with Gasteiger partial charge in [-0.15, -0.1) is 0 Å². The summed E-state index contributed by atoms with van der Waals surface area (Å²) in [7, 11) is 0. The number of aryl methyl sites for hydroxylation is 1. The molecule has 2 heterocycles. The Labute approximate surface area is 183 Å². The lowest BCUT2D eigenvalue weighted by molar-refractivity contribution is -0.142. The lowest BCUT2D eigenvalue weighted by Gasteiger charge is -2.36. The Morgan fingerprint density at radius 3 is 2.40 bits per heavy atom. The van der Waals surface area contributed by atoms with E-state index in [0.29, 0.717) is 18.7 Å². The second-order valence-electron chi connectivity index (χ2n) is 9.26. The molecule has 0 bridgehead atoms. The average Bonchev–Trinajstić information content (AvgIpc) is 2.74. The van der Waals surface area contributed by atoms with Crippen LogP contribution >= 0.6 is 11.8 Å². The van der Waals surface area contributed by atoms with Crippen molar-refractivity contribution in [3.8, 4) is 0 Å². The topological polar surface area (TPSA) is 69.7 Å². The SMILES string of the molecule is Cc1cc(C(=O)N2CCSCC2)ccc1NC(=O)C1CCCN(C(=O)C(C)(C)C)C1. The molecule has 2 aliphatic heterocycles. The smallest absolute Gasteiger partial charge is 0.253 e. The molecule has 6 nitrogen and oxygen atoms in total. The molecule has 0 radical (unpaired) electrons. The fourth-order valence-electron chi connectivity index (χ4n) is 3.97. The summed E-state index contributed by atoms with van der Waals surface area (Å²) in [5.74, 6) is 1.84. The minimum atomic E-state index is -0.440. The van der Waals surface area contributed by atoms with Crippen LogP contribution in [0.15, 0.2) is 18.2 Å². The van der Waals surface area contributed by atoms with Gasteiger partial charge < -0.3 is 15.1 Å². The molecule has 2 aliphatic rings. The highest BCUT2D eigenvalue weighted by Gasteiger charge is 2.33. The number of thioether (sulfide) groups is 1. The van der Waals surface area contributed by atoms with E-state index in [0.717, 1.165) is 48.7 Å². The number of piperidine rings is 1. The minimum absolute atomic E-state index is 0.0555. The number of benzene rings is 1. The average molecular weight is 432 g/mol. The van der Waals surface area contributed by atoms with Crippen molar-refractivity contribution in [2.75, 3.05) is 43.0 Å². The zero-order valence-electron chi connectivity index (χ0n) is 18.5. The third-order valence-electron chi connectivity index (χ3n) is 5.75. The Balaban J connectivity index is 1.63. The maximum Gasteiger partial charge on any atom is 0.253 e. The molecule has 0 spiro atoms. The van der Waals surface area contributed by atoms with E-state index < -0.39 is 5.41 Å². The van der Waals surface area contributed by atoms with Gasteiger partial charge in [-0.25, -0.2) is 0 Å². The second-order valence-corrected chi connectivity index (χ2v) is 10.5. The van der Waals surface area contributed by atoms with Gasteiger partial charge in [0.05, 0.1) is 5.92 Å². The Morgan fingerprint density at radius 1 is 1.07 bits per heavy atom. The Kier molecular flexibility index (Phi) is 7.11. The maximum absolute atomic E-state index is 12.9. The number of nitrogens with one attached hydrogen (secondary N) is 1. The third-order valence-corrected chi connectivity index (χ3v) is 6.69. The van der Waals surface area contributed by atoms with Gasteiger partial charge in [0.25, 0.3) is 5.91 Å². The number of carbonyl (C=O) groups excluding carboxylic acids is 3. The predicted molar refractivity (Wildman–Crippen MR) is 122 cm³/mol. The standard InChI is InChI=1S/C23H33N3O3S/c1-16-14-17(21(28)25-10-12-30-13-11-25)7-8-19(16)24-20(27)18-6-5-9-26(15-18)22(29)23(2,3)4/h7-8,14,18H,5-6,9-13,15H2,1-4H3,(H,24,27). The van der Waals surface area contributed by atoms with Crippen molar-refractivity contribution in [3.63, 3.8) is 0 Å². The summed E-state index contributed by atoms with van der Waals surface area (Å²) in [6, 6.07) is 5.47. The molecular weight excluding hydrogens is 398 g/mol. The highest BCUT2D eigenvalue weighted by Crippen LogP contribution is 2.25. The molecular formula is C23H33N3O3S. The fourth-order valence-corrected chi connectivity index (χ4v) is 4.87. The number of anilines is 1. The molecule has 0 aromatic heterocycles. The van der Waals surface area contributed by atoms with Crippen molar-refractivity contribution in [2.24, 2.45) is 11.3 Å². The fraction of sp³-hybridized carbons (Fsp3) is 0.609. The van der Waals surface area contributed by atoms with Crippen molar-refractivity contribution in [1.82, 2.24) is 9.80 Å². The summed E-state index contributed by atoms with van der Waals surface area (Å²) < 4.78 is 0. The summed E-state index contributed by atoms with van der Waals surface area (Å²) in [6.07, 6.45) is 1.61. The Hall–Kier alpha value is -2.02. The quantitative estimate of drug-likeness (QED) is 0.796. The van der Waals surface area contributed by atoms with E-state index in [1.165, 1.54) is 0 Å². The minimum Gasteiger partial charge on any atom is -0.341 e. The summed E-state index contributed by atoms with van der Waals surface area (Å²) in [5, 5.41) is 3.02. The first-order valence-corrected chi connectivity index (χ1v) is 11.9. The second kappa shape index (κ2) is 9.41. The van der Waals surface area contributed by atoms with E-state index in [4.69, 9.17) is 0 Å². The molecule has 164 valence electrons. The molecule has 30 heavy (non-hydrogen) atoms. The van der Waals surface area contributed by atoms with Crippen molar-refractivity contribution in [2.45, 2.75) is 40.5 Å². The Bertz CT molecular complexity index is 812. The molecule has 1 unspecified atom stereocenters. The van der Waals surface area contributed by atoms with Gasteiger partial charge in [-0.1, -0.05) is 20.8 Å². The summed E-state index contributed by atoms with van der Waals surface area (Å²) in [4.78, 5) is 41.9. The molecule has 1 atom stereocenters. The number of likely N-dealkylation sites (tertiary alicyclic amines) is 1. The highest BCUT2D eigenvalue weighted by molar-refractivity contribution is 7.99. The van der Waals surface area contributed by atoms with Gasteiger partial charge >= 0.3 is 0 Å².